The Hall–Kier alpha value is -1.77. The van der Waals surface area contributed by atoms with E-state index >= 15 is 0 Å². The van der Waals surface area contributed by atoms with E-state index in [1.165, 1.54) is 7.11 Å². The van der Waals surface area contributed by atoms with E-state index in [0.717, 1.165) is 16.4 Å². The molecule has 2 fully saturated rings. The summed E-state index contributed by atoms with van der Waals surface area (Å²) in [7, 11) is 1.30. The molecule has 1 saturated heterocycles. The standard InChI is InChI=1S/C16H15IO6/c1-21-13(18)10-5-4-6-11(9-10)17-12-14(19)22-16(23-15(12)20)7-2-3-8-16/h4-6,9H,2-3,7-8H2,1H3. The monoisotopic (exact) mass is 430 g/mol. The van der Waals surface area contributed by atoms with E-state index in [0.29, 0.717) is 18.4 Å². The second kappa shape index (κ2) is 6.38. The fourth-order valence-electron chi connectivity index (χ4n) is 2.63. The number of methoxy groups -OCH3 is 1. The average Bonchev–Trinajstić information content (AvgIpc) is 2.98. The lowest BCUT2D eigenvalue weighted by molar-refractivity contribution is -0.224. The first-order valence-electron chi connectivity index (χ1n) is 7.20. The van der Waals surface area contributed by atoms with Gasteiger partial charge in [0, 0.05) is 16.4 Å². The Bertz CT molecular complexity index is 680. The number of carbonyl (C=O) groups excluding carboxylic acids is 3. The molecule has 0 radical (unpaired) electrons. The lowest BCUT2D eigenvalue weighted by atomic mass is 10.2. The van der Waals surface area contributed by atoms with E-state index in [-0.39, 0.29) is 3.51 Å². The average molecular weight is 430 g/mol. The maximum Gasteiger partial charge on any atom is 0.354 e. The zero-order chi connectivity index (χ0) is 16.4. The molecule has 1 aliphatic heterocycles. The van der Waals surface area contributed by atoms with Crippen LogP contribution in [0.1, 0.15) is 36.0 Å². The van der Waals surface area contributed by atoms with Crippen molar-refractivity contribution in [2.24, 2.45) is 0 Å². The van der Waals surface area contributed by atoms with Gasteiger partial charge in [0.1, 0.15) is 0 Å². The van der Waals surface area contributed by atoms with E-state index in [2.05, 4.69) is 4.74 Å². The molecule has 1 aliphatic carbocycles. The molecule has 0 atom stereocenters. The highest BCUT2D eigenvalue weighted by atomic mass is 127. The van der Waals surface area contributed by atoms with E-state index < -0.39 is 44.4 Å². The smallest absolute Gasteiger partial charge is 0.354 e. The summed E-state index contributed by atoms with van der Waals surface area (Å²) in [5.41, 5.74) is 0.384. The lowest BCUT2D eigenvalue weighted by Crippen LogP contribution is -2.48. The number of hydrogen-bond donors (Lipinski definition) is 0. The molecular weight excluding hydrogens is 415 g/mol. The summed E-state index contributed by atoms with van der Waals surface area (Å²) in [5, 5.41) is 0. The van der Waals surface area contributed by atoms with Crippen LogP contribution in [0.25, 0.3) is 0 Å². The van der Waals surface area contributed by atoms with Gasteiger partial charge < -0.3 is 14.2 Å². The fraction of sp³-hybridized carbons (Fsp3) is 0.375. The predicted molar refractivity (Wildman–Crippen MR) is 88.9 cm³/mol. The second-order valence-corrected chi connectivity index (χ2v) is 8.17. The minimum absolute atomic E-state index is 0.0586. The maximum absolute atomic E-state index is 12.2. The number of hydrogen-bond acceptors (Lipinski definition) is 6. The van der Waals surface area contributed by atoms with Crippen LogP contribution >= 0.6 is 20.7 Å². The summed E-state index contributed by atoms with van der Waals surface area (Å²) in [6.45, 7) is 0. The predicted octanol–water partition coefficient (Wildman–Crippen LogP) is 2.16. The van der Waals surface area contributed by atoms with Gasteiger partial charge in [-0.2, -0.15) is 0 Å². The molecule has 2 aliphatic rings. The topological polar surface area (TPSA) is 78.9 Å². The van der Waals surface area contributed by atoms with Crippen LogP contribution in [0.2, 0.25) is 0 Å². The van der Waals surface area contributed by atoms with E-state index in [4.69, 9.17) is 9.47 Å². The summed E-state index contributed by atoms with van der Waals surface area (Å²) in [5.74, 6) is -2.67. The molecule has 0 bridgehead atoms. The zero-order valence-electron chi connectivity index (χ0n) is 12.5. The van der Waals surface area contributed by atoms with Crippen LogP contribution in [0.5, 0.6) is 0 Å². The number of carbonyl (C=O) groups is 3. The highest BCUT2D eigenvalue weighted by molar-refractivity contribution is 14.2. The van der Waals surface area contributed by atoms with Crippen molar-refractivity contribution in [2.45, 2.75) is 31.5 Å². The van der Waals surface area contributed by atoms with Crippen LogP contribution in [0.4, 0.5) is 0 Å². The molecule has 1 saturated carbocycles. The first kappa shape index (κ1) is 16.1. The van der Waals surface area contributed by atoms with E-state index in [1.807, 2.05) is 0 Å². The third-order valence-corrected chi connectivity index (χ3v) is 6.44. The molecule has 23 heavy (non-hydrogen) atoms. The van der Waals surface area contributed by atoms with Crippen LogP contribution in [-0.4, -0.2) is 34.3 Å². The number of rotatable bonds is 2. The van der Waals surface area contributed by atoms with Crippen molar-refractivity contribution >= 4 is 42.1 Å². The largest absolute Gasteiger partial charge is 0.465 e. The molecule has 0 amide bonds. The third kappa shape index (κ3) is 3.29. The van der Waals surface area contributed by atoms with Crippen LogP contribution < -0.4 is 0 Å². The van der Waals surface area contributed by atoms with Gasteiger partial charge in [-0.1, -0.05) is 26.8 Å². The summed E-state index contributed by atoms with van der Waals surface area (Å²) in [4.78, 5) is 36.0. The van der Waals surface area contributed by atoms with Gasteiger partial charge in [0.2, 0.25) is 0 Å². The number of halogens is 1. The Morgan fingerprint density at radius 3 is 2.43 bits per heavy atom. The molecule has 1 aromatic rings. The van der Waals surface area contributed by atoms with Gasteiger partial charge >= 0.3 is 17.9 Å². The van der Waals surface area contributed by atoms with Gasteiger partial charge in [0.05, 0.1) is 12.7 Å². The minimum Gasteiger partial charge on any atom is -0.465 e. The SMILES string of the molecule is COC(=O)c1cccc(I=C2C(=O)OC3(CCCC3)OC2=O)c1. The fourth-order valence-corrected chi connectivity index (χ4v) is 4.79. The quantitative estimate of drug-likeness (QED) is 0.529. The van der Waals surface area contributed by atoms with Gasteiger partial charge in [-0.25, -0.2) is 14.4 Å². The number of ether oxygens (including phenoxy) is 3. The van der Waals surface area contributed by atoms with Gasteiger partial charge in [-0.05, 0) is 31.0 Å². The molecule has 6 nitrogen and oxygen atoms in total. The Kier molecular flexibility index (Phi) is 4.47. The molecule has 1 spiro atoms. The number of benzene rings is 1. The van der Waals surface area contributed by atoms with Crippen molar-refractivity contribution in [1.29, 1.82) is 0 Å². The molecule has 7 heteroatoms. The summed E-state index contributed by atoms with van der Waals surface area (Å²) < 4.78 is 16.3. The molecule has 122 valence electrons. The molecule has 3 rings (SSSR count). The Labute approximate surface area is 142 Å². The van der Waals surface area contributed by atoms with Crippen molar-refractivity contribution in [2.75, 3.05) is 7.11 Å². The van der Waals surface area contributed by atoms with Crippen molar-refractivity contribution in [1.82, 2.24) is 0 Å². The zero-order valence-corrected chi connectivity index (χ0v) is 14.6. The van der Waals surface area contributed by atoms with Crippen molar-refractivity contribution in [3.05, 3.63) is 33.4 Å². The van der Waals surface area contributed by atoms with Gasteiger partial charge in [-0.3, -0.25) is 0 Å². The van der Waals surface area contributed by atoms with Crippen LogP contribution in [-0.2, 0) is 23.8 Å². The summed E-state index contributed by atoms with van der Waals surface area (Å²) in [6, 6.07) is 6.72. The summed E-state index contributed by atoms with van der Waals surface area (Å²) in [6.07, 6.45) is 2.89. The third-order valence-electron chi connectivity index (χ3n) is 3.73. The van der Waals surface area contributed by atoms with Crippen molar-refractivity contribution < 1.29 is 28.6 Å². The van der Waals surface area contributed by atoms with Crippen molar-refractivity contribution in [3.63, 3.8) is 0 Å². The van der Waals surface area contributed by atoms with Gasteiger partial charge in [0.25, 0.3) is 5.79 Å². The van der Waals surface area contributed by atoms with E-state index in [9.17, 15) is 14.4 Å². The molecule has 0 aromatic heterocycles. The lowest BCUT2D eigenvalue weighted by Gasteiger charge is -2.32. The molecular formula is C16H15IO6. The van der Waals surface area contributed by atoms with Gasteiger partial charge in [-0.15, -0.1) is 0 Å². The Balaban J connectivity index is 1.86. The molecule has 0 N–H and O–H groups in total. The van der Waals surface area contributed by atoms with Crippen LogP contribution in [0.3, 0.4) is 0 Å². The highest BCUT2D eigenvalue weighted by Crippen LogP contribution is 2.37. The first-order valence-corrected chi connectivity index (χ1v) is 9.36. The highest BCUT2D eigenvalue weighted by Gasteiger charge is 2.48. The maximum atomic E-state index is 12.2. The Morgan fingerprint density at radius 2 is 1.83 bits per heavy atom. The molecule has 0 unspecified atom stereocenters. The van der Waals surface area contributed by atoms with Crippen LogP contribution in [0.15, 0.2) is 24.3 Å². The summed E-state index contributed by atoms with van der Waals surface area (Å²) >= 11 is -1.10. The van der Waals surface area contributed by atoms with Crippen LogP contribution in [0, 0.1) is 3.57 Å². The Morgan fingerprint density at radius 1 is 1.17 bits per heavy atom. The molecule has 1 aromatic carbocycles. The second-order valence-electron chi connectivity index (χ2n) is 5.31. The first-order chi connectivity index (χ1) is 11.0. The number of esters is 3. The van der Waals surface area contributed by atoms with Crippen molar-refractivity contribution in [3.8, 4) is 0 Å². The minimum atomic E-state index is -1.10. The molecule has 1 heterocycles. The van der Waals surface area contributed by atoms with Gasteiger partial charge in [0.15, 0.2) is 3.51 Å². The normalized spacial score (nSPS) is 19.4. The van der Waals surface area contributed by atoms with E-state index in [1.54, 1.807) is 24.3 Å².